The van der Waals surface area contributed by atoms with Gasteiger partial charge in [0.05, 0.1) is 27.4 Å². The number of amides is 3. The van der Waals surface area contributed by atoms with Gasteiger partial charge < -0.3 is 0 Å². The quantitative estimate of drug-likeness (QED) is 0.322. The van der Waals surface area contributed by atoms with Crippen LogP contribution in [0.1, 0.15) is 34.1 Å². The van der Waals surface area contributed by atoms with E-state index in [1.54, 1.807) is 12.1 Å². The van der Waals surface area contributed by atoms with Crippen molar-refractivity contribution >= 4 is 58.3 Å². The molecule has 1 fully saturated rings. The molecule has 0 radical (unpaired) electrons. The third kappa shape index (κ3) is 4.31. The van der Waals surface area contributed by atoms with Crippen molar-refractivity contribution in [3.63, 3.8) is 0 Å². The van der Waals surface area contributed by atoms with Crippen LogP contribution in [0, 0.1) is 17.8 Å². The van der Waals surface area contributed by atoms with Gasteiger partial charge in [-0.25, -0.2) is 5.01 Å². The molecule has 2 aliphatic rings. The van der Waals surface area contributed by atoms with E-state index in [2.05, 4.69) is 0 Å². The lowest BCUT2D eigenvalue weighted by molar-refractivity contribution is -0.154. The van der Waals surface area contributed by atoms with Gasteiger partial charge in [0, 0.05) is 10.6 Å². The van der Waals surface area contributed by atoms with E-state index in [-0.39, 0.29) is 27.1 Å². The number of hydrogen-bond donors (Lipinski definition) is 0. The second kappa shape index (κ2) is 9.29. The molecule has 9 heteroatoms. The van der Waals surface area contributed by atoms with Crippen LogP contribution >= 0.6 is 34.8 Å². The first kappa shape index (κ1) is 23.5. The van der Waals surface area contributed by atoms with E-state index in [1.165, 1.54) is 30.3 Å². The zero-order chi connectivity index (χ0) is 23.9. The Labute approximate surface area is 205 Å². The summed E-state index contributed by atoms with van der Waals surface area (Å²) in [7, 11) is 0. The number of Topliss-reactive ketones (excluding diaryl/α,β-unsaturated/α-hetero) is 1. The van der Waals surface area contributed by atoms with Crippen LogP contribution in [0.25, 0.3) is 0 Å². The Balaban J connectivity index is 1.74. The summed E-state index contributed by atoms with van der Waals surface area (Å²) in [4.78, 5) is 53.3. The van der Waals surface area contributed by atoms with Gasteiger partial charge in [0.1, 0.15) is 6.54 Å². The van der Waals surface area contributed by atoms with Crippen LogP contribution in [0.5, 0.6) is 0 Å². The standard InChI is InChI=1S/C24H19Cl3N2O4/c1-13-5-4-7-17-21(13)24(33)29(23(17)32)28(22(31)16-6-2-3-8-18(16)26)12-20(30)15-10-9-14(25)11-19(15)27/h2-6,8-11,13,17,21H,7,12H2,1H3/t13-,17+,21-/m1/s1. The number of carbonyl (C=O) groups excluding carboxylic acids is 4. The Morgan fingerprint density at radius 1 is 1.00 bits per heavy atom. The third-order valence-electron chi connectivity index (χ3n) is 5.95. The minimum Gasteiger partial charge on any atom is -0.292 e. The van der Waals surface area contributed by atoms with Gasteiger partial charge in [-0.05, 0) is 42.7 Å². The number of imide groups is 1. The van der Waals surface area contributed by atoms with Gasteiger partial charge in [0.2, 0.25) is 0 Å². The van der Waals surface area contributed by atoms with Crippen molar-refractivity contribution in [3.8, 4) is 0 Å². The van der Waals surface area contributed by atoms with Gasteiger partial charge in [-0.2, -0.15) is 5.01 Å². The minimum absolute atomic E-state index is 0.0656. The van der Waals surface area contributed by atoms with E-state index in [9.17, 15) is 19.2 Å². The fraction of sp³-hybridized carbons (Fsp3) is 0.250. The van der Waals surface area contributed by atoms with E-state index in [4.69, 9.17) is 34.8 Å². The average Bonchev–Trinajstić information content (AvgIpc) is 3.03. The number of benzene rings is 2. The predicted molar refractivity (Wildman–Crippen MR) is 125 cm³/mol. The maximum Gasteiger partial charge on any atom is 0.274 e. The monoisotopic (exact) mass is 504 g/mol. The Kier molecular flexibility index (Phi) is 6.61. The second-order valence-corrected chi connectivity index (χ2v) is 9.28. The molecule has 1 saturated heterocycles. The molecule has 0 saturated carbocycles. The summed E-state index contributed by atoms with van der Waals surface area (Å²) < 4.78 is 0. The molecule has 0 aromatic heterocycles. The van der Waals surface area contributed by atoms with Crippen molar-refractivity contribution < 1.29 is 19.2 Å². The van der Waals surface area contributed by atoms with Gasteiger partial charge in [0.15, 0.2) is 5.78 Å². The molecule has 1 heterocycles. The van der Waals surface area contributed by atoms with Crippen molar-refractivity contribution in [1.29, 1.82) is 0 Å². The molecule has 3 amide bonds. The number of allylic oxidation sites excluding steroid dienone is 2. The number of nitrogens with zero attached hydrogens (tertiary/aromatic N) is 2. The lowest BCUT2D eigenvalue weighted by Crippen LogP contribution is -2.52. The highest BCUT2D eigenvalue weighted by Crippen LogP contribution is 2.39. The topological polar surface area (TPSA) is 74.8 Å². The molecular formula is C24H19Cl3N2O4. The molecule has 0 unspecified atom stereocenters. The molecule has 3 atom stereocenters. The van der Waals surface area contributed by atoms with Gasteiger partial charge in [-0.15, -0.1) is 0 Å². The molecule has 33 heavy (non-hydrogen) atoms. The molecule has 2 aromatic carbocycles. The zero-order valence-corrected chi connectivity index (χ0v) is 19.8. The first-order valence-corrected chi connectivity index (χ1v) is 11.4. The predicted octanol–water partition coefficient (Wildman–Crippen LogP) is 5.08. The van der Waals surface area contributed by atoms with Crippen LogP contribution < -0.4 is 0 Å². The molecule has 6 nitrogen and oxygen atoms in total. The summed E-state index contributed by atoms with van der Waals surface area (Å²) in [6, 6.07) is 10.6. The van der Waals surface area contributed by atoms with Gasteiger partial charge in [0.25, 0.3) is 17.7 Å². The van der Waals surface area contributed by atoms with Crippen LogP contribution in [0.3, 0.4) is 0 Å². The first-order valence-electron chi connectivity index (χ1n) is 10.3. The zero-order valence-electron chi connectivity index (χ0n) is 17.5. The van der Waals surface area contributed by atoms with Crippen LogP contribution in [0.4, 0.5) is 0 Å². The largest absolute Gasteiger partial charge is 0.292 e. The van der Waals surface area contributed by atoms with E-state index in [1.807, 2.05) is 19.1 Å². The molecule has 2 aromatic rings. The molecule has 0 spiro atoms. The maximum absolute atomic E-state index is 13.5. The number of rotatable bonds is 5. The summed E-state index contributed by atoms with van der Waals surface area (Å²) in [5.41, 5.74) is 0.181. The van der Waals surface area contributed by atoms with E-state index in [0.29, 0.717) is 11.4 Å². The van der Waals surface area contributed by atoms with E-state index in [0.717, 1.165) is 10.0 Å². The van der Waals surface area contributed by atoms with Crippen LogP contribution in [0.15, 0.2) is 54.6 Å². The Morgan fingerprint density at radius 2 is 1.73 bits per heavy atom. The number of hydrazine groups is 1. The highest BCUT2D eigenvalue weighted by atomic mass is 35.5. The van der Waals surface area contributed by atoms with Crippen molar-refractivity contribution in [2.45, 2.75) is 13.3 Å². The fourth-order valence-electron chi connectivity index (χ4n) is 4.31. The molecule has 1 aliphatic heterocycles. The Hall–Kier alpha value is -2.67. The lowest BCUT2D eigenvalue weighted by Gasteiger charge is -2.30. The maximum atomic E-state index is 13.5. The smallest absolute Gasteiger partial charge is 0.274 e. The molecule has 0 N–H and O–H groups in total. The summed E-state index contributed by atoms with van der Waals surface area (Å²) in [5, 5.41) is 2.27. The van der Waals surface area contributed by atoms with Crippen LogP contribution in [0.2, 0.25) is 15.1 Å². The van der Waals surface area contributed by atoms with Crippen LogP contribution in [-0.4, -0.2) is 40.1 Å². The Bertz CT molecular complexity index is 1200. The first-order chi connectivity index (χ1) is 15.7. The van der Waals surface area contributed by atoms with Gasteiger partial charge in [-0.3, -0.25) is 19.2 Å². The molecule has 0 bridgehead atoms. The van der Waals surface area contributed by atoms with Crippen molar-refractivity contribution in [1.82, 2.24) is 10.0 Å². The van der Waals surface area contributed by atoms with Crippen molar-refractivity contribution in [2.75, 3.05) is 6.54 Å². The second-order valence-electron chi connectivity index (χ2n) is 8.03. The third-order valence-corrected chi connectivity index (χ3v) is 6.83. The minimum atomic E-state index is -0.736. The van der Waals surface area contributed by atoms with Crippen molar-refractivity contribution in [3.05, 3.63) is 80.8 Å². The SMILES string of the molecule is C[C@@H]1C=CC[C@@H]2C(=O)N(N(CC(=O)c3ccc(Cl)cc3Cl)C(=O)c3ccccc3Cl)C(=O)[C@H]12. The summed E-state index contributed by atoms with van der Waals surface area (Å²) in [5.74, 6) is -3.69. The summed E-state index contributed by atoms with van der Waals surface area (Å²) in [6.45, 7) is 1.27. The highest BCUT2D eigenvalue weighted by molar-refractivity contribution is 6.37. The van der Waals surface area contributed by atoms with Crippen LogP contribution in [-0.2, 0) is 9.59 Å². The molecule has 170 valence electrons. The van der Waals surface area contributed by atoms with E-state index < -0.39 is 41.9 Å². The summed E-state index contributed by atoms with van der Waals surface area (Å²) in [6.07, 6.45) is 4.13. The Morgan fingerprint density at radius 3 is 2.39 bits per heavy atom. The number of hydrogen-bond acceptors (Lipinski definition) is 4. The summed E-state index contributed by atoms with van der Waals surface area (Å²) >= 11 is 18.3. The number of halogens is 3. The molecule has 1 aliphatic carbocycles. The van der Waals surface area contributed by atoms with Gasteiger partial charge in [-0.1, -0.05) is 66.0 Å². The molecular weight excluding hydrogens is 487 g/mol. The highest BCUT2D eigenvalue weighted by Gasteiger charge is 2.53. The van der Waals surface area contributed by atoms with Gasteiger partial charge >= 0.3 is 0 Å². The number of fused-ring (bicyclic) bond motifs is 1. The normalized spacial score (nSPS) is 21.8. The average molecular weight is 506 g/mol. The number of carbonyl (C=O) groups is 4. The molecule has 4 rings (SSSR count). The lowest BCUT2D eigenvalue weighted by atomic mass is 9.78. The van der Waals surface area contributed by atoms with Crippen molar-refractivity contribution in [2.24, 2.45) is 17.8 Å². The van der Waals surface area contributed by atoms with E-state index >= 15 is 0 Å². The number of ketones is 1. The fourth-order valence-corrected chi connectivity index (χ4v) is 5.04.